The van der Waals surface area contributed by atoms with E-state index in [-0.39, 0.29) is 5.92 Å². The first kappa shape index (κ1) is 23.5. The van der Waals surface area contributed by atoms with Crippen LogP contribution in [0, 0.1) is 23.2 Å². The lowest BCUT2D eigenvalue weighted by Crippen LogP contribution is -2.41. The predicted octanol–water partition coefficient (Wildman–Crippen LogP) is 5.42. The molecule has 4 unspecified atom stereocenters. The second kappa shape index (κ2) is 9.54. The number of carbonyl (C=O) groups excluding carboxylic acids is 1. The number of fused-ring (bicyclic) bond motifs is 1. The average molecular weight is 445 g/mol. The number of hydrogen-bond donors (Lipinski definition) is 2. The molecule has 4 atom stereocenters. The zero-order chi connectivity index (χ0) is 23.5. The van der Waals surface area contributed by atoms with Crippen LogP contribution in [-0.2, 0) is 4.79 Å². The van der Waals surface area contributed by atoms with E-state index in [1.54, 1.807) is 54.2 Å². The van der Waals surface area contributed by atoms with Crippen molar-refractivity contribution in [2.45, 2.75) is 39.4 Å². The molecule has 5 nitrogen and oxygen atoms in total. The molecular formula is C24H27F3N4O. The third kappa shape index (κ3) is 5.18. The molecule has 170 valence electrons. The number of alkyl halides is 3. The van der Waals surface area contributed by atoms with Gasteiger partial charge in [0.2, 0.25) is 5.91 Å². The van der Waals surface area contributed by atoms with Gasteiger partial charge in [0.15, 0.2) is 0 Å². The summed E-state index contributed by atoms with van der Waals surface area (Å²) in [7, 11) is 0. The van der Waals surface area contributed by atoms with Gasteiger partial charge in [-0.2, -0.15) is 18.3 Å². The number of aromatic nitrogens is 2. The van der Waals surface area contributed by atoms with Gasteiger partial charge >= 0.3 is 6.18 Å². The van der Waals surface area contributed by atoms with Crippen LogP contribution in [0.25, 0.3) is 5.52 Å². The fourth-order valence-electron chi connectivity index (χ4n) is 3.80. The fraction of sp³-hybridized carbons (Fsp3) is 0.375. The van der Waals surface area contributed by atoms with Crippen molar-refractivity contribution in [3.05, 3.63) is 72.1 Å². The van der Waals surface area contributed by atoms with Gasteiger partial charge in [-0.15, -0.1) is 0 Å². The van der Waals surface area contributed by atoms with Gasteiger partial charge in [0, 0.05) is 23.4 Å². The SMILES string of the molecule is CC(CC(C)C(=O)NC(c1ccccc1)C(C)C(F)(F)F)C(=N)c1cnn2ccccc12. The standard InChI is InChI=1S/C24H27F3N4O/c1-15(21(28)19-14-29-31-12-8-7-11-20(19)31)13-16(2)23(32)30-22(17(3)24(25,26)27)18-9-5-4-6-10-18/h4-12,14-17,22,28H,13H2,1-3H3,(H,30,32). The van der Waals surface area contributed by atoms with Gasteiger partial charge in [-0.25, -0.2) is 4.52 Å². The van der Waals surface area contributed by atoms with E-state index in [1.807, 2.05) is 25.1 Å². The van der Waals surface area contributed by atoms with Crippen molar-refractivity contribution in [2.75, 3.05) is 0 Å². The molecule has 32 heavy (non-hydrogen) atoms. The van der Waals surface area contributed by atoms with Crippen LogP contribution < -0.4 is 5.32 Å². The monoisotopic (exact) mass is 444 g/mol. The molecule has 0 saturated heterocycles. The molecular weight excluding hydrogens is 417 g/mol. The Morgan fingerprint density at radius 2 is 1.72 bits per heavy atom. The van der Waals surface area contributed by atoms with Crippen molar-refractivity contribution in [3.8, 4) is 0 Å². The number of benzene rings is 1. The second-order valence-corrected chi connectivity index (χ2v) is 8.27. The van der Waals surface area contributed by atoms with Crippen molar-refractivity contribution in [2.24, 2.45) is 17.8 Å². The summed E-state index contributed by atoms with van der Waals surface area (Å²) in [5.41, 5.74) is 2.22. The van der Waals surface area contributed by atoms with Crippen LogP contribution in [0.1, 0.15) is 44.4 Å². The van der Waals surface area contributed by atoms with Crippen LogP contribution in [0.3, 0.4) is 0 Å². The van der Waals surface area contributed by atoms with Crippen molar-refractivity contribution >= 4 is 17.1 Å². The van der Waals surface area contributed by atoms with Gasteiger partial charge in [-0.05, 0) is 30.0 Å². The molecule has 2 N–H and O–H groups in total. The Hall–Kier alpha value is -3.16. The number of halogens is 3. The Balaban J connectivity index is 1.71. The van der Waals surface area contributed by atoms with E-state index in [1.165, 1.54) is 0 Å². The Labute approximate surface area is 185 Å². The van der Waals surface area contributed by atoms with Gasteiger partial charge in [-0.3, -0.25) is 4.79 Å². The molecule has 3 rings (SSSR count). The fourth-order valence-corrected chi connectivity index (χ4v) is 3.80. The highest BCUT2D eigenvalue weighted by atomic mass is 19.4. The summed E-state index contributed by atoms with van der Waals surface area (Å²) in [6.45, 7) is 4.59. The van der Waals surface area contributed by atoms with Crippen LogP contribution in [0.5, 0.6) is 0 Å². The summed E-state index contributed by atoms with van der Waals surface area (Å²) in [5.74, 6) is -3.05. The number of rotatable bonds is 8. The van der Waals surface area contributed by atoms with E-state index >= 15 is 0 Å². The minimum atomic E-state index is -4.45. The Morgan fingerprint density at radius 3 is 2.38 bits per heavy atom. The number of hydrogen-bond acceptors (Lipinski definition) is 3. The molecule has 1 amide bonds. The molecule has 0 spiro atoms. The normalized spacial score (nSPS) is 15.7. The van der Waals surface area contributed by atoms with Gasteiger partial charge < -0.3 is 10.7 Å². The highest BCUT2D eigenvalue weighted by Crippen LogP contribution is 2.36. The summed E-state index contributed by atoms with van der Waals surface area (Å²) in [4.78, 5) is 12.8. The minimum Gasteiger partial charge on any atom is -0.348 e. The highest BCUT2D eigenvalue weighted by molar-refractivity contribution is 6.05. The second-order valence-electron chi connectivity index (χ2n) is 8.27. The average Bonchev–Trinajstić information content (AvgIpc) is 3.20. The van der Waals surface area contributed by atoms with E-state index in [0.717, 1.165) is 12.4 Å². The van der Waals surface area contributed by atoms with Crippen LogP contribution >= 0.6 is 0 Å². The molecule has 2 aromatic heterocycles. The minimum absolute atomic E-state index is 0.279. The third-order valence-corrected chi connectivity index (χ3v) is 5.84. The number of carbonyl (C=O) groups is 1. The van der Waals surface area contributed by atoms with Crippen LogP contribution in [-0.4, -0.2) is 27.4 Å². The lowest BCUT2D eigenvalue weighted by Gasteiger charge is -2.29. The molecule has 0 aliphatic heterocycles. The molecule has 2 heterocycles. The van der Waals surface area contributed by atoms with Crippen LogP contribution in [0.4, 0.5) is 13.2 Å². The number of pyridine rings is 1. The molecule has 0 fully saturated rings. The van der Waals surface area contributed by atoms with Crippen molar-refractivity contribution in [1.29, 1.82) is 5.41 Å². The van der Waals surface area contributed by atoms with Gasteiger partial charge in [0.25, 0.3) is 0 Å². The Kier molecular flexibility index (Phi) is 7.01. The molecule has 0 bridgehead atoms. The highest BCUT2D eigenvalue weighted by Gasteiger charge is 2.42. The molecule has 0 aliphatic rings. The summed E-state index contributed by atoms with van der Waals surface area (Å²) in [5, 5.41) is 15.4. The number of amides is 1. The van der Waals surface area contributed by atoms with Crippen LogP contribution in [0.15, 0.2) is 60.9 Å². The molecule has 0 saturated carbocycles. The van der Waals surface area contributed by atoms with Gasteiger partial charge in [0.1, 0.15) is 0 Å². The van der Waals surface area contributed by atoms with Crippen LogP contribution in [0.2, 0.25) is 0 Å². The first-order valence-electron chi connectivity index (χ1n) is 10.5. The van der Waals surface area contributed by atoms with Crippen molar-refractivity contribution < 1.29 is 18.0 Å². The lowest BCUT2D eigenvalue weighted by molar-refractivity contribution is -0.178. The number of nitrogens with one attached hydrogen (secondary N) is 2. The molecule has 1 aromatic carbocycles. The van der Waals surface area contributed by atoms with Gasteiger partial charge in [-0.1, -0.05) is 57.2 Å². The largest absolute Gasteiger partial charge is 0.393 e. The van der Waals surface area contributed by atoms with E-state index in [9.17, 15) is 18.0 Å². The van der Waals surface area contributed by atoms with Crippen molar-refractivity contribution in [1.82, 2.24) is 14.9 Å². The quantitative estimate of drug-likeness (QED) is 0.456. The van der Waals surface area contributed by atoms with Gasteiger partial charge in [0.05, 0.1) is 23.7 Å². The van der Waals surface area contributed by atoms with E-state index in [4.69, 9.17) is 5.41 Å². The first-order valence-corrected chi connectivity index (χ1v) is 10.5. The first-order chi connectivity index (χ1) is 15.1. The predicted molar refractivity (Wildman–Crippen MR) is 118 cm³/mol. The lowest BCUT2D eigenvalue weighted by atomic mass is 9.88. The summed E-state index contributed by atoms with van der Waals surface area (Å²) in [6, 6.07) is 12.6. The molecule has 0 aliphatic carbocycles. The smallest absolute Gasteiger partial charge is 0.348 e. The van der Waals surface area contributed by atoms with Crippen molar-refractivity contribution in [3.63, 3.8) is 0 Å². The Bertz CT molecular complexity index is 1080. The zero-order valence-corrected chi connectivity index (χ0v) is 18.2. The maximum Gasteiger partial charge on any atom is 0.393 e. The Morgan fingerprint density at radius 1 is 1.06 bits per heavy atom. The van der Waals surface area contributed by atoms with E-state index in [0.29, 0.717) is 23.3 Å². The molecule has 8 heteroatoms. The maximum absolute atomic E-state index is 13.4. The summed E-state index contributed by atoms with van der Waals surface area (Å²) in [6.07, 6.45) is -0.708. The summed E-state index contributed by atoms with van der Waals surface area (Å²) >= 11 is 0. The number of nitrogens with zero attached hydrogens (tertiary/aromatic N) is 2. The van der Waals surface area contributed by atoms with E-state index in [2.05, 4.69) is 10.4 Å². The maximum atomic E-state index is 13.4. The van der Waals surface area contributed by atoms with E-state index < -0.39 is 30.0 Å². The molecule has 0 radical (unpaired) electrons. The topological polar surface area (TPSA) is 70.2 Å². The zero-order valence-electron chi connectivity index (χ0n) is 18.2. The summed E-state index contributed by atoms with van der Waals surface area (Å²) < 4.78 is 42.0. The molecule has 3 aromatic rings. The third-order valence-electron chi connectivity index (χ3n) is 5.84.